The molecule has 0 bridgehead atoms. The van der Waals surface area contributed by atoms with Gasteiger partial charge < -0.3 is 10.1 Å². The highest BCUT2D eigenvalue weighted by atomic mass is 16.5. The van der Waals surface area contributed by atoms with Crippen molar-refractivity contribution in [3.8, 4) is 5.75 Å². The average Bonchev–Trinajstić information content (AvgIpc) is 2.46. The Balaban J connectivity index is 1.91. The van der Waals surface area contributed by atoms with E-state index in [1.165, 1.54) is 37.7 Å². The Hall–Kier alpha value is -1.02. The fraction of sp³-hybridized carbons (Fsp3) is 0.684. The van der Waals surface area contributed by atoms with Gasteiger partial charge in [0.25, 0.3) is 0 Å². The molecular weight excluding hydrogens is 258 g/mol. The van der Waals surface area contributed by atoms with Crippen LogP contribution in [0.3, 0.4) is 0 Å². The lowest BCUT2D eigenvalue weighted by molar-refractivity contribution is 0.233. The molecule has 1 aliphatic rings. The SMILES string of the molecule is CC(C)COc1ccc(C(C)NC2(C)CCCCC2)cc1. The molecule has 0 radical (unpaired) electrons. The monoisotopic (exact) mass is 289 g/mol. The second-order valence-electron chi connectivity index (χ2n) is 7.26. The molecule has 0 amide bonds. The van der Waals surface area contributed by atoms with Crippen molar-refractivity contribution < 1.29 is 4.74 Å². The van der Waals surface area contributed by atoms with Crippen LogP contribution >= 0.6 is 0 Å². The standard InChI is InChI=1S/C19H31NO/c1-15(2)14-21-18-10-8-17(9-11-18)16(3)20-19(4)12-6-5-7-13-19/h8-11,15-16,20H,5-7,12-14H2,1-4H3. The minimum atomic E-state index is 0.310. The summed E-state index contributed by atoms with van der Waals surface area (Å²) in [5.41, 5.74) is 1.66. The van der Waals surface area contributed by atoms with Gasteiger partial charge >= 0.3 is 0 Å². The van der Waals surface area contributed by atoms with Gasteiger partial charge in [0, 0.05) is 11.6 Å². The van der Waals surface area contributed by atoms with Crippen molar-refractivity contribution >= 4 is 0 Å². The van der Waals surface area contributed by atoms with Gasteiger partial charge in [-0.25, -0.2) is 0 Å². The van der Waals surface area contributed by atoms with Crippen LogP contribution in [0, 0.1) is 5.92 Å². The first-order valence-electron chi connectivity index (χ1n) is 8.49. The maximum absolute atomic E-state index is 5.75. The molecule has 0 heterocycles. The molecule has 1 saturated carbocycles. The van der Waals surface area contributed by atoms with Crippen molar-refractivity contribution in [1.29, 1.82) is 0 Å². The summed E-state index contributed by atoms with van der Waals surface area (Å²) in [6.45, 7) is 9.77. The molecule has 1 aromatic rings. The summed E-state index contributed by atoms with van der Waals surface area (Å²) in [6, 6.07) is 8.98. The number of benzene rings is 1. The van der Waals surface area contributed by atoms with E-state index in [0.717, 1.165) is 12.4 Å². The maximum Gasteiger partial charge on any atom is 0.119 e. The van der Waals surface area contributed by atoms with Gasteiger partial charge in [-0.05, 0) is 50.3 Å². The summed E-state index contributed by atoms with van der Waals surface area (Å²) in [6.07, 6.45) is 6.71. The van der Waals surface area contributed by atoms with Crippen molar-refractivity contribution in [3.63, 3.8) is 0 Å². The minimum Gasteiger partial charge on any atom is -0.493 e. The first-order chi connectivity index (χ1) is 9.98. The molecular formula is C19H31NO. The molecule has 0 saturated heterocycles. The van der Waals surface area contributed by atoms with Crippen molar-refractivity contribution in [3.05, 3.63) is 29.8 Å². The van der Waals surface area contributed by atoms with Crippen molar-refractivity contribution in [1.82, 2.24) is 5.32 Å². The fourth-order valence-electron chi connectivity index (χ4n) is 3.20. The van der Waals surface area contributed by atoms with Crippen LogP contribution in [0.4, 0.5) is 0 Å². The molecule has 1 aliphatic carbocycles. The van der Waals surface area contributed by atoms with Crippen LogP contribution in [-0.2, 0) is 0 Å². The van der Waals surface area contributed by atoms with E-state index >= 15 is 0 Å². The highest BCUT2D eigenvalue weighted by molar-refractivity contribution is 5.29. The highest BCUT2D eigenvalue weighted by Gasteiger charge is 2.28. The maximum atomic E-state index is 5.75. The second-order valence-corrected chi connectivity index (χ2v) is 7.26. The molecule has 1 aromatic carbocycles. The van der Waals surface area contributed by atoms with E-state index in [9.17, 15) is 0 Å². The lowest BCUT2D eigenvalue weighted by Crippen LogP contribution is -2.45. The summed E-state index contributed by atoms with van der Waals surface area (Å²) in [5.74, 6) is 1.54. The minimum absolute atomic E-state index is 0.310. The summed E-state index contributed by atoms with van der Waals surface area (Å²) in [7, 11) is 0. The Labute approximate surface area is 130 Å². The topological polar surface area (TPSA) is 21.3 Å². The van der Waals surface area contributed by atoms with Gasteiger partial charge in [-0.1, -0.05) is 45.2 Å². The smallest absolute Gasteiger partial charge is 0.119 e. The van der Waals surface area contributed by atoms with Crippen LogP contribution in [0.2, 0.25) is 0 Å². The van der Waals surface area contributed by atoms with Gasteiger partial charge in [0.15, 0.2) is 0 Å². The summed E-state index contributed by atoms with van der Waals surface area (Å²) in [5, 5.41) is 3.84. The number of hydrogen-bond donors (Lipinski definition) is 1. The molecule has 0 aromatic heterocycles. The number of rotatable bonds is 6. The lowest BCUT2D eigenvalue weighted by atomic mass is 9.82. The van der Waals surface area contributed by atoms with E-state index in [4.69, 9.17) is 4.74 Å². The predicted molar refractivity (Wildman–Crippen MR) is 89.8 cm³/mol. The Morgan fingerprint density at radius 3 is 2.24 bits per heavy atom. The van der Waals surface area contributed by atoms with Gasteiger partial charge in [0.1, 0.15) is 5.75 Å². The van der Waals surface area contributed by atoms with Crippen LogP contribution in [0.5, 0.6) is 5.75 Å². The van der Waals surface area contributed by atoms with Gasteiger partial charge in [0.05, 0.1) is 6.61 Å². The summed E-state index contributed by atoms with van der Waals surface area (Å²) >= 11 is 0. The number of hydrogen-bond acceptors (Lipinski definition) is 2. The van der Waals surface area contributed by atoms with E-state index in [2.05, 4.69) is 57.3 Å². The first-order valence-corrected chi connectivity index (χ1v) is 8.49. The van der Waals surface area contributed by atoms with Gasteiger partial charge in [-0.15, -0.1) is 0 Å². The van der Waals surface area contributed by atoms with Crippen LogP contribution in [0.15, 0.2) is 24.3 Å². The van der Waals surface area contributed by atoms with Crippen LogP contribution < -0.4 is 10.1 Å². The molecule has 2 nitrogen and oxygen atoms in total. The van der Waals surface area contributed by atoms with Crippen LogP contribution in [0.1, 0.15) is 71.4 Å². The van der Waals surface area contributed by atoms with Crippen molar-refractivity contribution in [2.45, 2.75) is 71.4 Å². The van der Waals surface area contributed by atoms with E-state index in [1.807, 2.05) is 0 Å². The van der Waals surface area contributed by atoms with Gasteiger partial charge in [0.2, 0.25) is 0 Å². The third-order valence-corrected chi connectivity index (χ3v) is 4.49. The van der Waals surface area contributed by atoms with Crippen LogP contribution in [0.25, 0.3) is 0 Å². The van der Waals surface area contributed by atoms with E-state index in [0.29, 0.717) is 17.5 Å². The molecule has 118 valence electrons. The predicted octanol–water partition coefficient (Wildman–Crippen LogP) is 5.09. The molecule has 1 atom stereocenters. The Morgan fingerprint density at radius 2 is 1.67 bits per heavy atom. The van der Waals surface area contributed by atoms with Crippen molar-refractivity contribution in [2.75, 3.05) is 6.61 Å². The third-order valence-electron chi connectivity index (χ3n) is 4.49. The molecule has 0 spiro atoms. The third kappa shape index (κ3) is 5.03. The molecule has 21 heavy (non-hydrogen) atoms. The quantitative estimate of drug-likeness (QED) is 0.787. The zero-order valence-electron chi connectivity index (χ0n) is 14.1. The zero-order valence-corrected chi connectivity index (χ0v) is 14.1. The Kier molecular flexibility index (Phi) is 5.69. The van der Waals surface area contributed by atoms with E-state index < -0.39 is 0 Å². The van der Waals surface area contributed by atoms with Gasteiger partial charge in [-0.2, -0.15) is 0 Å². The molecule has 1 unspecified atom stereocenters. The summed E-state index contributed by atoms with van der Waals surface area (Å²) < 4.78 is 5.75. The Bertz CT molecular complexity index is 418. The second kappa shape index (κ2) is 7.31. The molecule has 2 rings (SSSR count). The Morgan fingerprint density at radius 1 is 1.05 bits per heavy atom. The van der Waals surface area contributed by atoms with Crippen molar-refractivity contribution in [2.24, 2.45) is 5.92 Å². The van der Waals surface area contributed by atoms with Crippen LogP contribution in [-0.4, -0.2) is 12.1 Å². The first kappa shape index (κ1) is 16.4. The largest absolute Gasteiger partial charge is 0.493 e. The molecule has 0 aliphatic heterocycles. The highest BCUT2D eigenvalue weighted by Crippen LogP contribution is 2.30. The fourth-order valence-corrected chi connectivity index (χ4v) is 3.20. The number of nitrogens with one attached hydrogen (secondary N) is 1. The lowest BCUT2D eigenvalue weighted by Gasteiger charge is -2.37. The molecule has 2 heteroatoms. The average molecular weight is 289 g/mol. The van der Waals surface area contributed by atoms with E-state index in [1.54, 1.807) is 0 Å². The van der Waals surface area contributed by atoms with E-state index in [-0.39, 0.29) is 0 Å². The number of ether oxygens (including phenoxy) is 1. The molecule has 1 N–H and O–H groups in total. The zero-order chi connectivity index (χ0) is 15.3. The molecule has 1 fully saturated rings. The van der Waals surface area contributed by atoms with Gasteiger partial charge in [-0.3, -0.25) is 0 Å². The summed E-state index contributed by atoms with van der Waals surface area (Å²) in [4.78, 5) is 0. The normalized spacial score (nSPS) is 19.5.